The summed E-state index contributed by atoms with van der Waals surface area (Å²) in [7, 11) is 9.10. The second-order valence-electron chi connectivity index (χ2n) is 17.2. The minimum atomic E-state index is -0.973. The van der Waals surface area contributed by atoms with Crippen LogP contribution in [-0.4, -0.2) is 141 Å². The zero-order valence-corrected chi connectivity index (χ0v) is 41.8. The van der Waals surface area contributed by atoms with Crippen molar-refractivity contribution >= 4 is 46.5 Å². The van der Waals surface area contributed by atoms with Crippen LogP contribution < -0.4 is 38.2 Å². The molecule has 4 aromatic carbocycles. The maximum atomic E-state index is 14.6. The largest absolute Gasteiger partial charge is 0.497 e. The Kier molecular flexibility index (Phi) is 16.2. The maximum Gasteiger partial charge on any atom is 0.416 e. The lowest BCUT2D eigenvalue weighted by molar-refractivity contribution is 0.0175. The van der Waals surface area contributed by atoms with Crippen LogP contribution in [0.3, 0.4) is 0 Å². The second-order valence-corrected chi connectivity index (χ2v) is 17.2. The first-order valence-corrected chi connectivity index (χ1v) is 23.7. The van der Waals surface area contributed by atoms with Crippen LogP contribution in [0, 0.1) is 0 Å². The second kappa shape index (κ2) is 23.1. The van der Waals surface area contributed by atoms with Gasteiger partial charge in [-0.05, 0) is 71.5 Å². The van der Waals surface area contributed by atoms with E-state index in [0.717, 1.165) is 22.3 Å². The van der Waals surface area contributed by atoms with Gasteiger partial charge in [0.15, 0.2) is 35.5 Å². The molecule has 18 nitrogen and oxygen atoms in total. The van der Waals surface area contributed by atoms with Crippen LogP contribution in [0.25, 0.3) is 11.1 Å². The van der Waals surface area contributed by atoms with Crippen molar-refractivity contribution in [2.45, 2.75) is 43.8 Å². The summed E-state index contributed by atoms with van der Waals surface area (Å²) in [6.07, 6.45) is 4.51. The quantitative estimate of drug-likeness (QED) is 0.0687. The highest BCUT2D eigenvalue weighted by Crippen LogP contribution is 2.45. The molecule has 4 atom stereocenters. The van der Waals surface area contributed by atoms with E-state index in [1.807, 2.05) is 60.7 Å². The molecule has 18 heteroatoms. The fraction of sp³-hybridized carbons (Fsp3) is 0.345. The first-order chi connectivity index (χ1) is 35.5. The Labute approximate surface area is 424 Å². The molecule has 0 fully saturated rings. The minimum absolute atomic E-state index is 0.0826. The zero-order valence-electron chi connectivity index (χ0n) is 41.8. The Hall–Kier alpha value is -7.96. The van der Waals surface area contributed by atoms with Crippen molar-refractivity contribution in [3.8, 4) is 34.5 Å². The van der Waals surface area contributed by atoms with Crippen molar-refractivity contribution < 1.29 is 66.5 Å². The smallest absolute Gasteiger partial charge is 0.416 e. The molecule has 0 saturated heterocycles. The highest BCUT2D eigenvalue weighted by molar-refractivity contribution is 6.07. The number of fused-ring (bicyclic) bond motifs is 4. The van der Waals surface area contributed by atoms with Gasteiger partial charge in [-0.25, -0.2) is 19.4 Å². The van der Waals surface area contributed by atoms with E-state index in [0.29, 0.717) is 30.8 Å². The summed E-state index contributed by atoms with van der Waals surface area (Å²) in [5, 5.41) is 0. The molecule has 8 rings (SSSR count). The van der Waals surface area contributed by atoms with E-state index in [-0.39, 0.29) is 96.8 Å². The van der Waals surface area contributed by atoms with Crippen molar-refractivity contribution in [3.05, 3.63) is 133 Å². The monoisotopic (exact) mass is 1000 g/mol. The number of rotatable bonds is 18. The first kappa shape index (κ1) is 51.4. The average molecular weight is 1000 g/mol. The number of anilines is 2. The van der Waals surface area contributed by atoms with Gasteiger partial charge in [0.05, 0.1) is 76.2 Å². The van der Waals surface area contributed by atoms with Crippen LogP contribution in [0.1, 0.15) is 51.1 Å². The van der Waals surface area contributed by atoms with Crippen LogP contribution in [0.15, 0.2) is 110 Å². The van der Waals surface area contributed by atoms with Gasteiger partial charge in [-0.3, -0.25) is 9.59 Å². The molecular weight excluding hydrogens is 941 g/mol. The third-order valence-corrected chi connectivity index (χ3v) is 13.2. The molecule has 2 unspecified atom stereocenters. The number of benzene rings is 4. The molecule has 4 aromatic rings. The van der Waals surface area contributed by atoms with Gasteiger partial charge >= 0.3 is 12.2 Å². The van der Waals surface area contributed by atoms with Gasteiger partial charge in [0, 0.05) is 45.9 Å². The first-order valence-electron chi connectivity index (χ1n) is 23.7. The van der Waals surface area contributed by atoms with Crippen LogP contribution >= 0.6 is 0 Å². The van der Waals surface area contributed by atoms with Gasteiger partial charge in [-0.15, -0.1) is 0 Å². The van der Waals surface area contributed by atoms with Crippen LogP contribution in [0.5, 0.6) is 34.5 Å². The number of hydrogen-bond donors (Lipinski definition) is 0. The van der Waals surface area contributed by atoms with Gasteiger partial charge in [-0.1, -0.05) is 61.7 Å². The molecule has 384 valence electrons. The maximum absolute atomic E-state index is 14.6. The Morgan fingerprint density at radius 2 is 0.959 bits per heavy atom. The summed E-state index contributed by atoms with van der Waals surface area (Å²) >= 11 is 0. The highest BCUT2D eigenvalue weighted by Gasteiger charge is 2.47. The van der Waals surface area contributed by atoms with E-state index in [1.54, 1.807) is 48.3 Å². The number of ether oxygens (including phenoxy) is 10. The zero-order chi connectivity index (χ0) is 51.8. The minimum Gasteiger partial charge on any atom is -0.497 e. The molecule has 73 heavy (non-hydrogen) atoms. The van der Waals surface area contributed by atoms with Crippen molar-refractivity contribution in [1.82, 2.24) is 9.80 Å². The molecular formula is C55H60N4O14. The predicted octanol–water partition coefficient (Wildman–Crippen LogP) is 8.40. The summed E-state index contributed by atoms with van der Waals surface area (Å²) in [6, 6.07) is 20.3. The van der Waals surface area contributed by atoms with E-state index in [4.69, 9.17) is 47.4 Å². The molecule has 0 aliphatic carbocycles. The number of methoxy groups -OCH3 is 6. The molecule has 0 spiro atoms. The summed E-state index contributed by atoms with van der Waals surface area (Å²) < 4.78 is 58.3. The lowest BCUT2D eigenvalue weighted by Crippen LogP contribution is -2.55. The fourth-order valence-corrected chi connectivity index (χ4v) is 9.65. The topological polar surface area (TPSA) is 174 Å². The van der Waals surface area contributed by atoms with Crippen molar-refractivity contribution in [2.24, 2.45) is 0 Å². The molecule has 0 saturated carbocycles. The SMILES string of the molecule is C=CCOC(=O)N1c2cc(OCCCOc3cc4c(cc3OC)C(=O)N3CC=C(c5ccc(OC)cc5)C[C@H]3C(OC)N4C(=O)OCC=C)c(OC)cc2C(=O)N2CC=C(c3ccc(OC)cc3)C[C@H]2C1OC. The average Bonchev–Trinajstić information content (AvgIpc) is 3.59. The Morgan fingerprint density at radius 3 is 1.30 bits per heavy atom. The lowest BCUT2D eigenvalue weighted by atomic mass is 9.92. The van der Waals surface area contributed by atoms with E-state index >= 15 is 0 Å². The number of carbonyl (C=O) groups is 4. The lowest BCUT2D eigenvalue weighted by Gasteiger charge is -2.40. The van der Waals surface area contributed by atoms with E-state index in [2.05, 4.69) is 13.2 Å². The van der Waals surface area contributed by atoms with Gasteiger partial charge in [0.25, 0.3) is 11.8 Å². The van der Waals surface area contributed by atoms with Crippen LogP contribution in [0.4, 0.5) is 21.0 Å². The molecule has 0 N–H and O–H groups in total. The van der Waals surface area contributed by atoms with Crippen molar-refractivity contribution in [3.63, 3.8) is 0 Å². The van der Waals surface area contributed by atoms with E-state index in [9.17, 15) is 19.2 Å². The number of nitrogens with zero attached hydrogens (tertiary/aromatic N) is 4. The molecule has 4 amide bonds. The van der Waals surface area contributed by atoms with Gasteiger partial charge < -0.3 is 57.2 Å². The Morgan fingerprint density at radius 1 is 0.562 bits per heavy atom. The normalized spacial score (nSPS) is 19.0. The summed E-state index contributed by atoms with van der Waals surface area (Å²) in [5.41, 5.74) is 4.62. The van der Waals surface area contributed by atoms with Crippen LogP contribution in [-0.2, 0) is 18.9 Å². The molecule has 0 bridgehead atoms. The Balaban J connectivity index is 1.03. The van der Waals surface area contributed by atoms with Gasteiger partial charge in [-0.2, -0.15) is 0 Å². The Bertz CT molecular complexity index is 2590. The molecule has 4 aliphatic heterocycles. The molecule has 4 aliphatic rings. The summed E-state index contributed by atoms with van der Waals surface area (Å²) in [4.78, 5) is 63.3. The fourth-order valence-electron chi connectivity index (χ4n) is 9.65. The molecule has 0 aromatic heterocycles. The van der Waals surface area contributed by atoms with Gasteiger partial charge in [0.1, 0.15) is 24.7 Å². The van der Waals surface area contributed by atoms with Gasteiger partial charge in [0.2, 0.25) is 0 Å². The molecule has 4 heterocycles. The van der Waals surface area contributed by atoms with Crippen LogP contribution in [0.2, 0.25) is 0 Å². The molecule has 0 radical (unpaired) electrons. The third-order valence-electron chi connectivity index (χ3n) is 13.2. The van der Waals surface area contributed by atoms with E-state index < -0.39 is 36.7 Å². The van der Waals surface area contributed by atoms with E-state index in [1.165, 1.54) is 50.4 Å². The highest BCUT2D eigenvalue weighted by atomic mass is 16.6. The predicted molar refractivity (Wildman–Crippen MR) is 272 cm³/mol. The number of amides is 4. The number of carbonyl (C=O) groups excluding carboxylic acids is 4. The van der Waals surface area contributed by atoms with Crippen molar-refractivity contribution in [2.75, 3.05) is 92.0 Å². The number of hydrogen-bond acceptors (Lipinski definition) is 14. The standard InChI is InChI=1S/C55H60N4O14/c1-9-24-72-54(62)58-42-32-48(46(66-5)30-40(42)50(60)56-22-20-36(28-44(56)52(58)68-7)34-12-16-38(64-3)17-13-34)70-26-11-27-71-49-33-43-41(31-47(49)67-6)51(61)57-23-21-37(35-14-18-39(65-4)19-15-35)29-45(57)53(69-8)59(43)55(63)73-25-10-2/h9-10,12-21,30-33,44-45,52-53H,1-2,11,22-29H2,3-8H3/t44-,45-,52?,53?/m0/s1. The van der Waals surface area contributed by atoms with Crippen molar-refractivity contribution in [1.29, 1.82) is 0 Å². The summed E-state index contributed by atoms with van der Waals surface area (Å²) in [6.45, 7) is 7.89. The summed E-state index contributed by atoms with van der Waals surface area (Å²) in [5.74, 6) is 1.73. The third kappa shape index (κ3) is 10.4.